The first-order valence-corrected chi connectivity index (χ1v) is 9.35. The van der Waals surface area contributed by atoms with Crippen LogP contribution in [0.1, 0.15) is 11.1 Å². The van der Waals surface area contributed by atoms with E-state index in [2.05, 4.69) is 10.3 Å². The highest BCUT2D eigenvalue weighted by molar-refractivity contribution is 5.96. The predicted octanol–water partition coefficient (Wildman–Crippen LogP) is 6.44. The van der Waals surface area contributed by atoms with Crippen LogP contribution < -0.4 is 5.32 Å². The Morgan fingerprint density at radius 1 is 0.968 bits per heavy atom. The van der Waals surface area contributed by atoms with E-state index in [1.807, 2.05) is 18.2 Å². The molecule has 3 aromatic carbocycles. The molecule has 8 heteroatoms. The van der Waals surface area contributed by atoms with Crippen LogP contribution in [-0.2, 0) is 12.7 Å². The maximum atomic E-state index is 13.4. The number of alkyl halides is 3. The van der Waals surface area contributed by atoms with Gasteiger partial charge in [-0.05, 0) is 41.0 Å². The molecule has 4 rings (SSSR count). The summed E-state index contributed by atoms with van der Waals surface area (Å²) in [5.41, 5.74) is 1.99. The Bertz CT molecular complexity index is 1270. The van der Waals surface area contributed by atoms with Crippen LogP contribution in [0.4, 0.5) is 24.5 Å². The Labute approximate surface area is 175 Å². The molecule has 0 amide bonds. The van der Waals surface area contributed by atoms with Crippen molar-refractivity contribution in [3.05, 3.63) is 100 Å². The number of halogens is 3. The molecule has 156 valence electrons. The summed E-state index contributed by atoms with van der Waals surface area (Å²) in [7, 11) is 0. The number of pyridine rings is 1. The molecule has 4 aromatic rings. The summed E-state index contributed by atoms with van der Waals surface area (Å²) in [6.07, 6.45) is -3.12. The van der Waals surface area contributed by atoms with Crippen molar-refractivity contribution in [2.45, 2.75) is 12.7 Å². The number of benzene rings is 3. The van der Waals surface area contributed by atoms with E-state index in [0.717, 1.165) is 22.9 Å². The van der Waals surface area contributed by atoms with E-state index in [9.17, 15) is 23.3 Å². The van der Waals surface area contributed by atoms with Crippen molar-refractivity contribution in [2.75, 3.05) is 5.32 Å². The highest BCUT2D eigenvalue weighted by atomic mass is 19.4. The number of nitrogens with zero attached hydrogens (tertiary/aromatic N) is 2. The summed E-state index contributed by atoms with van der Waals surface area (Å²) in [6.45, 7) is 0.362. The van der Waals surface area contributed by atoms with Crippen LogP contribution in [0.15, 0.2) is 79.0 Å². The zero-order valence-electron chi connectivity index (χ0n) is 16.1. The Kier molecular flexibility index (Phi) is 5.29. The van der Waals surface area contributed by atoms with E-state index in [4.69, 9.17) is 0 Å². The molecule has 0 atom stereocenters. The smallest absolute Gasteiger partial charge is 0.381 e. The number of nitro groups is 1. The summed E-state index contributed by atoms with van der Waals surface area (Å²) >= 11 is 0. The molecule has 5 nitrogen and oxygen atoms in total. The Morgan fingerprint density at radius 3 is 2.52 bits per heavy atom. The third-order valence-electron chi connectivity index (χ3n) is 4.87. The molecule has 31 heavy (non-hydrogen) atoms. The molecular weight excluding hydrogens is 407 g/mol. The quantitative estimate of drug-likeness (QED) is 0.296. The molecule has 0 bridgehead atoms. The van der Waals surface area contributed by atoms with Crippen LogP contribution in [0.2, 0.25) is 0 Å². The monoisotopic (exact) mass is 423 g/mol. The van der Waals surface area contributed by atoms with Crippen LogP contribution in [-0.4, -0.2) is 9.91 Å². The van der Waals surface area contributed by atoms with Gasteiger partial charge in [-0.2, -0.15) is 13.2 Å². The van der Waals surface area contributed by atoms with Gasteiger partial charge in [-0.15, -0.1) is 0 Å². The minimum Gasteiger partial charge on any atom is -0.381 e. The standard InChI is InChI=1S/C23H16F3N3O2/c24-23(25,26)21-9-3-8-20-19(10-11-27-22(20)21)16-5-2-6-17(13-16)28-14-15-4-1-7-18(12-15)29(30)31/h1-13,28H,14H2. The molecule has 0 unspecified atom stereocenters. The molecule has 0 aliphatic heterocycles. The summed E-state index contributed by atoms with van der Waals surface area (Å²) in [6, 6.07) is 19.3. The second-order valence-electron chi connectivity index (χ2n) is 6.92. The highest BCUT2D eigenvalue weighted by Crippen LogP contribution is 2.37. The Hall–Kier alpha value is -3.94. The van der Waals surface area contributed by atoms with E-state index < -0.39 is 16.7 Å². The van der Waals surface area contributed by atoms with Gasteiger partial charge in [0.15, 0.2) is 0 Å². The third-order valence-corrected chi connectivity index (χ3v) is 4.87. The van der Waals surface area contributed by atoms with Gasteiger partial charge >= 0.3 is 6.18 Å². The van der Waals surface area contributed by atoms with Crippen molar-refractivity contribution in [3.63, 3.8) is 0 Å². The number of hydrogen-bond acceptors (Lipinski definition) is 4. The molecule has 0 radical (unpaired) electrons. The van der Waals surface area contributed by atoms with E-state index in [1.54, 1.807) is 30.3 Å². The number of nitrogens with one attached hydrogen (secondary N) is 1. The first kappa shape index (κ1) is 20.3. The zero-order valence-corrected chi connectivity index (χ0v) is 16.1. The van der Waals surface area contributed by atoms with Crippen molar-refractivity contribution in [1.29, 1.82) is 0 Å². The lowest BCUT2D eigenvalue weighted by atomic mass is 9.99. The molecule has 0 saturated carbocycles. The van der Waals surface area contributed by atoms with Gasteiger partial charge < -0.3 is 5.32 Å². The van der Waals surface area contributed by atoms with Crippen molar-refractivity contribution < 1.29 is 18.1 Å². The van der Waals surface area contributed by atoms with Crippen LogP contribution >= 0.6 is 0 Å². The zero-order chi connectivity index (χ0) is 22.0. The Balaban J connectivity index is 1.65. The van der Waals surface area contributed by atoms with Crippen LogP contribution in [0.5, 0.6) is 0 Å². The fourth-order valence-corrected chi connectivity index (χ4v) is 3.44. The van der Waals surface area contributed by atoms with E-state index >= 15 is 0 Å². The van der Waals surface area contributed by atoms with Gasteiger partial charge in [-0.3, -0.25) is 15.1 Å². The average Bonchev–Trinajstić information content (AvgIpc) is 2.76. The first-order chi connectivity index (χ1) is 14.8. The number of fused-ring (bicyclic) bond motifs is 1. The number of anilines is 1. The second-order valence-corrected chi connectivity index (χ2v) is 6.92. The Morgan fingerprint density at radius 2 is 1.74 bits per heavy atom. The lowest BCUT2D eigenvalue weighted by molar-refractivity contribution is -0.384. The van der Waals surface area contributed by atoms with Gasteiger partial charge in [0.1, 0.15) is 0 Å². The summed E-state index contributed by atoms with van der Waals surface area (Å²) in [5.74, 6) is 0. The van der Waals surface area contributed by atoms with Crippen molar-refractivity contribution in [3.8, 4) is 11.1 Å². The van der Waals surface area contributed by atoms with Crippen LogP contribution in [0.3, 0.4) is 0 Å². The second kappa shape index (κ2) is 8.06. The van der Waals surface area contributed by atoms with Gasteiger partial charge in [-0.25, -0.2) is 0 Å². The summed E-state index contributed by atoms with van der Waals surface area (Å²) < 4.78 is 40.1. The van der Waals surface area contributed by atoms with E-state index in [1.165, 1.54) is 24.4 Å². The van der Waals surface area contributed by atoms with E-state index in [0.29, 0.717) is 17.5 Å². The topological polar surface area (TPSA) is 68.1 Å². The maximum Gasteiger partial charge on any atom is 0.418 e. The number of rotatable bonds is 5. The lowest BCUT2D eigenvalue weighted by Gasteiger charge is -2.13. The first-order valence-electron chi connectivity index (χ1n) is 9.35. The predicted molar refractivity (Wildman–Crippen MR) is 113 cm³/mol. The number of nitro benzene ring substituents is 1. The summed E-state index contributed by atoms with van der Waals surface area (Å²) in [5, 5.41) is 14.5. The van der Waals surface area contributed by atoms with Gasteiger partial charge in [0.05, 0.1) is 16.0 Å². The van der Waals surface area contributed by atoms with Gasteiger partial charge in [-0.1, -0.05) is 36.4 Å². The number of aromatic nitrogens is 1. The van der Waals surface area contributed by atoms with Crippen molar-refractivity contribution in [2.24, 2.45) is 0 Å². The highest BCUT2D eigenvalue weighted by Gasteiger charge is 2.33. The van der Waals surface area contributed by atoms with Gasteiger partial charge in [0.2, 0.25) is 0 Å². The number of non-ortho nitro benzene ring substituents is 1. The van der Waals surface area contributed by atoms with Crippen molar-refractivity contribution in [1.82, 2.24) is 4.98 Å². The molecule has 1 aromatic heterocycles. The summed E-state index contributed by atoms with van der Waals surface area (Å²) in [4.78, 5) is 14.4. The van der Waals surface area contributed by atoms with Gasteiger partial charge in [0, 0.05) is 35.9 Å². The normalized spacial score (nSPS) is 11.5. The SMILES string of the molecule is O=[N+]([O-])c1cccc(CNc2cccc(-c3ccnc4c(C(F)(F)F)cccc34)c2)c1. The minimum absolute atomic E-state index is 0.0109. The van der Waals surface area contributed by atoms with Crippen molar-refractivity contribution >= 4 is 22.3 Å². The maximum absolute atomic E-state index is 13.4. The molecule has 0 saturated heterocycles. The minimum atomic E-state index is -4.49. The van der Waals surface area contributed by atoms with E-state index in [-0.39, 0.29) is 11.2 Å². The van der Waals surface area contributed by atoms with Gasteiger partial charge in [0.25, 0.3) is 5.69 Å². The van der Waals surface area contributed by atoms with Crippen LogP contribution in [0.25, 0.3) is 22.0 Å². The number of hydrogen-bond donors (Lipinski definition) is 1. The fourth-order valence-electron chi connectivity index (χ4n) is 3.44. The molecule has 0 fully saturated rings. The molecule has 0 aliphatic carbocycles. The molecule has 1 heterocycles. The largest absolute Gasteiger partial charge is 0.418 e. The number of para-hydroxylation sites is 1. The molecule has 1 N–H and O–H groups in total. The molecular formula is C23H16F3N3O2. The average molecular weight is 423 g/mol. The van der Waals surface area contributed by atoms with Crippen LogP contribution in [0, 0.1) is 10.1 Å². The lowest BCUT2D eigenvalue weighted by Crippen LogP contribution is -2.06. The fraction of sp³-hybridized carbons (Fsp3) is 0.0870. The third kappa shape index (κ3) is 4.32. The molecule has 0 spiro atoms. The molecule has 0 aliphatic rings.